The fourth-order valence-corrected chi connectivity index (χ4v) is 5.47. The maximum atomic E-state index is 12.5. The van der Waals surface area contributed by atoms with E-state index in [9.17, 15) is 8.42 Å². The lowest BCUT2D eigenvalue weighted by Gasteiger charge is -2.28. The number of hydrogen-bond acceptors (Lipinski definition) is 7. The second-order valence-corrected chi connectivity index (χ2v) is 8.87. The third kappa shape index (κ3) is 2.44. The van der Waals surface area contributed by atoms with Crippen molar-refractivity contribution in [3.05, 3.63) is 21.9 Å². The summed E-state index contributed by atoms with van der Waals surface area (Å²) in [5, 5.41) is 2.71. The molecule has 3 heterocycles. The zero-order valence-electron chi connectivity index (χ0n) is 11.7. The van der Waals surface area contributed by atoms with Gasteiger partial charge in [-0.2, -0.15) is 4.37 Å². The minimum atomic E-state index is -3.59. The molecule has 0 bridgehead atoms. The number of hydrogen-bond donors (Lipinski definition) is 1. The van der Waals surface area contributed by atoms with Gasteiger partial charge in [0.2, 0.25) is 10.0 Å². The zero-order valence-corrected chi connectivity index (χ0v) is 14.2. The van der Waals surface area contributed by atoms with Crippen LogP contribution in [0, 0.1) is 0 Å². The summed E-state index contributed by atoms with van der Waals surface area (Å²) >= 11 is 2.91. The van der Waals surface area contributed by atoms with Gasteiger partial charge >= 0.3 is 0 Å². The molecule has 0 saturated carbocycles. The maximum absolute atomic E-state index is 12.5. The van der Waals surface area contributed by atoms with Crippen molar-refractivity contribution in [2.45, 2.75) is 17.9 Å². The molecule has 3 rings (SSSR count). The van der Waals surface area contributed by atoms with Crippen LogP contribution in [0.5, 0.6) is 0 Å². The van der Waals surface area contributed by atoms with Gasteiger partial charge in [0.05, 0.1) is 0 Å². The second-order valence-electron chi connectivity index (χ2n) is 5.03. The molecule has 0 atom stereocenters. The average molecular weight is 344 g/mol. The van der Waals surface area contributed by atoms with Crippen LogP contribution in [0.1, 0.15) is 10.4 Å². The summed E-state index contributed by atoms with van der Waals surface area (Å²) in [6.07, 6.45) is 0.923. The number of nitrogens with two attached hydrogens (primary N) is 1. The van der Waals surface area contributed by atoms with E-state index in [1.807, 2.05) is 0 Å². The second kappa shape index (κ2) is 5.24. The van der Waals surface area contributed by atoms with Crippen LogP contribution in [0.2, 0.25) is 0 Å². The topological polar surface area (TPSA) is 79.5 Å². The van der Waals surface area contributed by atoms with Crippen LogP contribution in [-0.4, -0.2) is 37.7 Å². The van der Waals surface area contributed by atoms with E-state index < -0.39 is 10.0 Å². The minimum absolute atomic E-state index is 0.0832. The van der Waals surface area contributed by atoms with Crippen molar-refractivity contribution in [2.24, 2.45) is 0 Å². The van der Waals surface area contributed by atoms with Crippen molar-refractivity contribution in [3.8, 4) is 0 Å². The lowest BCUT2D eigenvalue weighted by molar-refractivity contribution is 0.521. The molecule has 2 aromatic rings. The van der Waals surface area contributed by atoms with Crippen LogP contribution in [0.15, 0.2) is 16.3 Å². The Morgan fingerprint density at radius 2 is 2.19 bits per heavy atom. The molecule has 9 heteroatoms. The van der Waals surface area contributed by atoms with Crippen LogP contribution in [0.25, 0.3) is 0 Å². The maximum Gasteiger partial charge on any atom is 0.249 e. The molecule has 0 aliphatic carbocycles. The summed E-state index contributed by atoms with van der Waals surface area (Å²) in [5.41, 5.74) is 7.07. The normalized spacial score (nSPS) is 15.5. The van der Waals surface area contributed by atoms with Crippen molar-refractivity contribution in [1.82, 2.24) is 8.68 Å². The molecule has 2 aromatic heterocycles. The number of anilines is 2. The number of fused-ring (bicyclic) bond motifs is 1. The van der Waals surface area contributed by atoms with Gasteiger partial charge in [0.1, 0.15) is 5.00 Å². The van der Waals surface area contributed by atoms with Gasteiger partial charge in [0.15, 0.2) is 10.7 Å². The first kappa shape index (κ1) is 14.8. The Labute approximate surface area is 132 Å². The monoisotopic (exact) mass is 344 g/mol. The number of sulfonamides is 1. The standard InChI is InChI=1S/C12H16N4O2S3/c1-15(2)21(17,18)10-11(13)14-20-12(10)16-5-3-9-8(7-16)4-6-19-9/h4,6H,3,5,7H2,1-2H3,(H2,13,14). The Kier molecular flexibility index (Phi) is 3.68. The lowest BCUT2D eigenvalue weighted by atomic mass is 10.1. The highest BCUT2D eigenvalue weighted by Gasteiger charge is 2.31. The van der Waals surface area contributed by atoms with Crippen molar-refractivity contribution in [1.29, 1.82) is 0 Å². The predicted molar refractivity (Wildman–Crippen MR) is 86.5 cm³/mol. The predicted octanol–water partition coefficient (Wildman–Crippen LogP) is 1.60. The van der Waals surface area contributed by atoms with Crippen molar-refractivity contribution in [3.63, 3.8) is 0 Å². The Bertz CT molecular complexity index is 763. The fraction of sp³-hybridized carbons (Fsp3) is 0.417. The summed E-state index contributed by atoms with van der Waals surface area (Å²) in [6, 6.07) is 2.09. The molecular formula is C12H16N4O2S3. The summed E-state index contributed by atoms with van der Waals surface area (Å²) < 4.78 is 30.2. The van der Waals surface area contributed by atoms with Crippen molar-refractivity contribution >= 4 is 43.7 Å². The summed E-state index contributed by atoms with van der Waals surface area (Å²) in [4.78, 5) is 3.57. The van der Waals surface area contributed by atoms with E-state index in [1.165, 1.54) is 28.8 Å². The Balaban J connectivity index is 2.02. The highest BCUT2D eigenvalue weighted by molar-refractivity contribution is 7.89. The molecule has 0 fully saturated rings. The minimum Gasteiger partial charge on any atom is -0.382 e. The number of nitrogens with zero attached hydrogens (tertiary/aromatic N) is 3. The molecule has 21 heavy (non-hydrogen) atoms. The van der Waals surface area contributed by atoms with E-state index in [1.54, 1.807) is 11.3 Å². The molecule has 6 nitrogen and oxygen atoms in total. The molecule has 0 aromatic carbocycles. The molecule has 1 aliphatic heterocycles. The van der Waals surface area contributed by atoms with Crippen molar-refractivity contribution < 1.29 is 8.42 Å². The van der Waals surface area contributed by atoms with E-state index in [4.69, 9.17) is 5.73 Å². The molecule has 1 aliphatic rings. The van der Waals surface area contributed by atoms with E-state index in [0.717, 1.165) is 24.5 Å². The fourth-order valence-electron chi connectivity index (χ4n) is 2.33. The first-order chi connectivity index (χ1) is 9.91. The quantitative estimate of drug-likeness (QED) is 0.915. The zero-order chi connectivity index (χ0) is 15.2. The summed E-state index contributed by atoms with van der Waals surface area (Å²) in [5.74, 6) is 0.0832. The van der Waals surface area contributed by atoms with E-state index >= 15 is 0 Å². The van der Waals surface area contributed by atoms with Gasteiger partial charge in [0, 0.05) is 32.1 Å². The highest BCUT2D eigenvalue weighted by atomic mass is 32.2. The third-order valence-electron chi connectivity index (χ3n) is 3.49. The molecule has 0 unspecified atom stereocenters. The SMILES string of the molecule is CN(C)S(=O)(=O)c1c(N)nsc1N1CCc2sccc2C1. The van der Waals surface area contributed by atoms with Crippen LogP contribution < -0.4 is 10.6 Å². The van der Waals surface area contributed by atoms with Crippen LogP contribution in [0.3, 0.4) is 0 Å². The molecule has 0 radical (unpaired) electrons. The van der Waals surface area contributed by atoms with E-state index in [-0.39, 0.29) is 10.7 Å². The average Bonchev–Trinajstić information content (AvgIpc) is 3.03. The van der Waals surface area contributed by atoms with Gasteiger partial charge in [-0.3, -0.25) is 0 Å². The number of thiophene rings is 1. The third-order valence-corrected chi connectivity index (χ3v) is 7.45. The van der Waals surface area contributed by atoms with Gasteiger partial charge in [-0.05, 0) is 35.0 Å². The molecule has 0 amide bonds. The lowest BCUT2D eigenvalue weighted by Crippen LogP contribution is -2.31. The first-order valence-electron chi connectivity index (χ1n) is 6.39. The molecule has 0 spiro atoms. The Hall–Kier alpha value is -1.16. The number of rotatable bonds is 3. The van der Waals surface area contributed by atoms with Gasteiger partial charge in [0.25, 0.3) is 0 Å². The molecule has 114 valence electrons. The van der Waals surface area contributed by atoms with Gasteiger partial charge < -0.3 is 10.6 Å². The van der Waals surface area contributed by atoms with Gasteiger partial charge in [-0.25, -0.2) is 12.7 Å². The first-order valence-corrected chi connectivity index (χ1v) is 9.48. The van der Waals surface area contributed by atoms with Crippen LogP contribution in [-0.2, 0) is 23.0 Å². The Morgan fingerprint density at radius 3 is 2.90 bits per heavy atom. The molecular weight excluding hydrogens is 328 g/mol. The van der Waals surface area contributed by atoms with Crippen LogP contribution in [0.4, 0.5) is 10.8 Å². The van der Waals surface area contributed by atoms with Gasteiger partial charge in [-0.15, -0.1) is 11.3 Å². The van der Waals surface area contributed by atoms with Crippen LogP contribution >= 0.6 is 22.9 Å². The largest absolute Gasteiger partial charge is 0.382 e. The van der Waals surface area contributed by atoms with Gasteiger partial charge in [-0.1, -0.05) is 0 Å². The number of aromatic nitrogens is 1. The number of nitrogen functional groups attached to an aromatic ring is 1. The van der Waals surface area contributed by atoms with E-state index in [2.05, 4.69) is 20.7 Å². The molecule has 0 saturated heterocycles. The Morgan fingerprint density at radius 1 is 1.43 bits per heavy atom. The smallest absolute Gasteiger partial charge is 0.249 e. The van der Waals surface area contributed by atoms with Crippen molar-refractivity contribution in [2.75, 3.05) is 31.3 Å². The summed E-state index contributed by atoms with van der Waals surface area (Å²) in [6.45, 7) is 1.49. The van der Waals surface area contributed by atoms with E-state index in [0.29, 0.717) is 11.5 Å². The highest BCUT2D eigenvalue weighted by Crippen LogP contribution is 2.38. The molecule has 2 N–H and O–H groups in total. The summed E-state index contributed by atoms with van der Waals surface area (Å²) in [7, 11) is -0.584.